The molecule has 5 nitrogen and oxygen atoms in total. The fourth-order valence-corrected chi connectivity index (χ4v) is 1.98. The van der Waals surface area contributed by atoms with Gasteiger partial charge in [-0.15, -0.1) is 5.10 Å². The highest BCUT2D eigenvalue weighted by Gasteiger charge is 2.15. The van der Waals surface area contributed by atoms with Gasteiger partial charge >= 0.3 is 0 Å². The number of nitrogens with two attached hydrogens (primary N) is 1. The van der Waals surface area contributed by atoms with Crippen LogP contribution < -0.4 is 11.1 Å². The summed E-state index contributed by atoms with van der Waals surface area (Å²) in [7, 11) is 0. The molecule has 1 aromatic heterocycles. The number of anilines is 2. The normalized spacial score (nSPS) is 11.6. The minimum Gasteiger partial charge on any atom is -0.368 e. The SMILES string of the molecule is Cc1cc(C)cc(-n2nc(NC(C)(C)C)nc2N)c1. The topological polar surface area (TPSA) is 68.8 Å². The van der Waals surface area contributed by atoms with Crippen molar-refractivity contribution in [3.8, 4) is 5.69 Å². The number of nitrogens with one attached hydrogen (secondary N) is 1. The van der Waals surface area contributed by atoms with E-state index in [1.807, 2.05) is 12.1 Å². The van der Waals surface area contributed by atoms with E-state index in [1.54, 1.807) is 4.68 Å². The third-order valence-electron chi connectivity index (χ3n) is 2.57. The van der Waals surface area contributed by atoms with Crippen LogP contribution in [0.15, 0.2) is 18.2 Å². The molecule has 1 aromatic carbocycles. The quantitative estimate of drug-likeness (QED) is 0.870. The van der Waals surface area contributed by atoms with Crippen LogP contribution in [0.1, 0.15) is 31.9 Å². The van der Waals surface area contributed by atoms with E-state index < -0.39 is 0 Å². The third-order valence-corrected chi connectivity index (χ3v) is 2.57. The lowest BCUT2D eigenvalue weighted by molar-refractivity contribution is 0.625. The molecular weight excluding hydrogens is 238 g/mol. The van der Waals surface area contributed by atoms with E-state index in [4.69, 9.17) is 5.73 Å². The van der Waals surface area contributed by atoms with E-state index in [2.05, 4.69) is 56.1 Å². The molecule has 0 aliphatic heterocycles. The Morgan fingerprint density at radius 2 is 1.68 bits per heavy atom. The molecule has 0 aliphatic rings. The molecule has 0 aliphatic carbocycles. The smallest absolute Gasteiger partial charge is 0.244 e. The molecule has 102 valence electrons. The van der Waals surface area contributed by atoms with Crippen molar-refractivity contribution in [1.82, 2.24) is 14.8 Å². The van der Waals surface area contributed by atoms with Crippen LogP contribution in [0.4, 0.5) is 11.9 Å². The Morgan fingerprint density at radius 1 is 1.11 bits per heavy atom. The summed E-state index contributed by atoms with van der Waals surface area (Å²) in [6.45, 7) is 10.3. The van der Waals surface area contributed by atoms with E-state index in [1.165, 1.54) is 11.1 Å². The molecule has 5 heteroatoms. The van der Waals surface area contributed by atoms with Gasteiger partial charge in [-0.25, -0.2) is 0 Å². The van der Waals surface area contributed by atoms with Crippen LogP contribution in [0.25, 0.3) is 5.69 Å². The van der Waals surface area contributed by atoms with Crippen molar-refractivity contribution in [3.05, 3.63) is 29.3 Å². The summed E-state index contributed by atoms with van der Waals surface area (Å²) in [6, 6.07) is 6.20. The van der Waals surface area contributed by atoms with Crippen LogP contribution in [-0.4, -0.2) is 20.3 Å². The molecule has 0 atom stereocenters. The molecule has 0 saturated heterocycles. The van der Waals surface area contributed by atoms with Crippen LogP contribution in [0.2, 0.25) is 0 Å². The summed E-state index contributed by atoms with van der Waals surface area (Å²) < 4.78 is 1.66. The van der Waals surface area contributed by atoms with Crippen molar-refractivity contribution in [3.63, 3.8) is 0 Å². The summed E-state index contributed by atoms with van der Waals surface area (Å²) in [5, 5.41) is 7.64. The first kappa shape index (κ1) is 13.4. The number of aryl methyl sites for hydroxylation is 2. The molecule has 1 heterocycles. The van der Waals surface area contributed by atoms with Gasteiger partial charge in [-0.2, -0.15) is 9.67 Å². The highest BCUT2D eigenvalue weighted by atomic mass is 15.4. The standard InChI is InChI=1S/C14H21N5/c1-9-6-10(2)8-11(7-9)19-12(15)16-13(18-19)17-14(3,4)5/h6-8H,1-5H3,(H3,15,16,17,18). The number of rotatable bonds is 2. The van der Waals surface area contributed by atoms with Gasteiger partial charge in [0.2, 0.25) is 11.9 Å². The van der Waals surface area contributed by atoms with Gasteiger partial charge in [0.05, 0.1) is 5.69 Å². The molecule has 0 saturated carbocycles. The maximum absolute atomic E-state index is 5.94. The van der Waals surface area contributed by atoms with Crippen LogP contribution in [0, 0.1) is 13.8 Å². The fourth-order valence-electron chi connectivity index (χ4n) is 1.98. The number of nitrogen functional groups attached to an aromatic ring is 1. The fraction of sp³-hybridized carbons (Fsp3) is 0.429. The zero-order valence-electron chi connectivity index (χ0n) is 12.2. The van der Waals surface area contributed by atoms with Crippen molar-refractivity contribution in [1.29, 1.82) is 0 Å². The van der Waals surface area contributed by atoms with Crippen LogP contribution >= 0.6 is 0 Å². The average molecular weight is 259 g/mol. The predicted molar refractivity (Wildman–Crippen MR) is 78.6 cm³/mol. The van der Waals surface area contributed by atoms with Crippen molar-refractivity contribution in [2.75, 3.05) is 11.1 Å². The minimum absolute atomic E-state index is 0.0961. The maximum Gasteiger partial charge on any atom is 0.244 e. The van der Waals surface area contributed by atoms with Crippen molar-refractivity contribution >= 4 is 11.9 Å². The first-order valence-electron chi connectivity index (χ1n) is 6.34. The van der Waals surface area contributed by atoms with Gasteiger partial charge in [-0.3, -0.25) is 0 Å². The summed E-state index contributed by atoms with van der Waals surface area (Å²) in [4.78, 5) is 4.25. The van der Waals surface area contributed by atoms with Crippen LogP contribution in [-0.2, 0) is 0 Å². The summed E-state index contributed by atoms with van der Waals surface area (Å²) in [5.41, 5.74) is 9.13. The first-order chi connectivity index (χ1) is 8.74. The van der Waals surface area contributed by atoms with E-state index in [0.29, 0.717) is 11.9 Å². The Balaban J connectivity index is 2.40. The monoisotopic (exact) mass is 259 g/mol. The van der Waals surface area contributed by atoms with Crippen LogP contribution in [0.3, 0.4) is 0 Å². The van der Waals surface area contributed by atoms with Gasteiger partial charge in [-0.1, -0.05) is 6.07 Å². The van der Waals surface area contributed by atoms with E-state index in [9.17, 15) is 0 Å². The lowest BCUT2D eigenvalue weighted by Gasteiger charge is -2.18. The Bertz CT molecular complexity index is 572. The van der Waals surface area contributed by atoms with Gasteiger partial charge in [0.25, 0.3) is 0 Å². The molecule has 2 rings (SSSR count). The second kappa shape index (κ2) is 4.57. The number of benzene rings is 1. The lowest BCUT2D eigenvalue weighted by Crippen LogP contribution is -2.26. The molecule has 0 fully saturated rings. The predicted octanol–water partition coefficient (Wildman–Crippen LogP) is 2.68. The van der Waals surface area contributed by atoms with Gasteiger partial charge in [0.15, 0.2) is 0 Å². The summed E-state index contributed by atoms with van der Waals surface area (Å²) in [6.07, 6.45) is 0. The third kappa shape index (κ3) is 3.24. The number of hydrogen-bond donors (Lipinski definition) is 2. The molecule has 0 amide bonds. The second-order valence-electron chi connectivity index (χ2n) is 5.93. The highest BCUT2D eigenvalue weighted by Crippen LogP contribution is 2.18. The molecule has 0 spiro atoms. The Hall–Kier alpha value is -2.04. The van der Waals surface area contributed by atoms with Crippen molar-refractivity contribution in [2.24, 2.45) is 0 Å². The first-order valence-corrected chi connectivity index (χ1v) is 6.34. The van der Waals surface area contributed by atoms with Gasteiger partial charge in [0.1, 0.15) is 0 Å². The average Bonchev–Trinajstić information content (AvgIpc) is 2.54. The Morgan fingerprint density at radius 3 is 2.21 bits per heavy atom. The Kier molecular flexibility index (Phi) is 3.22. The van der Waals surface area contributed by atoms with Gasteiger partial charge in [0, 0.05) is 5.54 Å². The van der Waals surface area contributed by atoms with E-state index >= 15 is 0 Å². The van der Waals surface area contributed by atoms with Gasteiger partial charge < -0.3 is 11.1 Å². The maximum atomic E-state index is 5.94. The van der Waals surface area contributed by atoms with E-state index in [0.717, 1.165) is 5.69 Å². The van der Waals surface area contributed by atoms with E-state index in [-0.39, 0.29) is 5.54 Å². The van der Waals surface area contributed by atoms with Crippen LogP contribution in [0.5, 0.6) is 0 Å². The number of nitrogens with zero attached hydrogens (tertiary/aromatic N) is 3. The molecule has 2 aromatic rings. The highest BCUT2D eigenvalue weighted by molar-refractivity contribution is 5.45. The molecule has 0 unspecified atom stereocenters. The zero-order valence-corrected chi connectivity index (χ0v) is 12.2. The number of aromatic nitrogens is 3. The molecule has 0 bridgehead atoms. The molecule has 0 radical (unpaired) electrons. The molecule has 19 heavy (non-hydrogen) atoms. The lowest BCUT2D eigenvalue weighted by atomic mass is 10.1. The van der Waals surface area contributed by atoms with Gasteiger partial charge in [-0.05, 0) is 57.9 Å². The molecule has 3 N–H and O–H groups in total. The zero-order chi connectivity index (χ0) is 14.2. The molecular formula is C14H21N5. The minimum atomic E-state index is -0.0961. The van der Waals surface area contributed by atoms with Crippen molar-refractivity contribution < 1.29 is 0 Å². The second-order valence-corrected chi connectivity index (χ2v) is 5.93. The number of hydrogen-bond acceptors (Lipinski definition) is 4. The van der Waals surface area contributed by atoms with Crippen molar-refractivity contribution in [2.45, 2.75) is 40.2 Å². The Labute approximate surface area is 113 Å². The summed E-state index contributed by atoms with van der Waals surface area (Å²) >= 11 is 0. The summed E-state index contributed by atoms with van der Waals surface area (Å²) in [5.74, 6) is 0.931. The largest absolute Gasteiger partial charge is 0.368 e.